The van der Waals surface area contributed by atoms with Crippen molar-refractivity contribution in [3.8, 4) is 5.75 Å². The number of hydrogen-bond acceptors (Lipinski definition) is 1. The van der Waals surface area contributed by atoms with Gasteiger partial charge in [-0.2, -0.15) is 0 Å². The van der Waals surface area contributed by atoms with Crippen LogP contribution in [0.15, 0.2) is 39.3 Å². The van der Waals surface area contributed by atoms with Gasteiger partial charge in [-0.25, -0.2) is 4.39 Å². The molecule has 0 aromatic heterocycles. The fourth-order valence-electron chi connectivity index (χ4n) is 1.75. The number of hydrogen-bond donors (Lipinski definition) is 0. The largest absolute Gasteiger partial charge is 0.496 e. The van der Waals surface area contributed by atoms with Gasteiger partial charge in [0.25, 0.3) is 0 Å². The van der Waals surface area contributed by atoms with E-state index < -0.39 is 11.2 Å². The van der Waals surface area contributed by atoms with Crippen molar-refractivity contribution < 1.29 is 9.13 Å². The molecular formula is C14H9Br2Cl2FO. The second kappa shape index (κ2) is 6.65. The number of ether oxygens (including phenoxy) is 1. The molecule has 0 bridgehead atoms. The van der Waals surface area contributed by atoms with Gasteiger partial charge >= 0.3 is 0 Å². The third-order valence-corrected chi connectivity index (χ3v) is 5.09. The zero-order valence-corrected chi connectivity index (χ0v) is 14.9. The van der Waals surface area contributed by atoms with E-state index in [4.69, 9.17) is 27.9 Å². The monoisotopic (exact) mass is 440 g/mol. The highest BCUT2D eigenvalue weighted by atomic mass is 79.9. The molecule has 0 aliphatic heterocycles. The van der Waals surface area contributed by atoms with Gasteiger partial charge in [-0.3, -0.25) is 0 Å². The molecule has 1 unspecified atom stereocenters. The minimum Gasteiger partial charge on any atom is -0.496 e. The molecule has 2 rings (SSSR count). The molecule has 0 saturated carbocycles. The van der Waals surface area contributed by atoms with Crippen LogP contribution in [0, 0.1) is 5.82 Å². The molecule has 0 aliphatic rings. The van der Waals surface area contributed by atoms with Crippen molar-refractivity contribution in [3.05, 3.63) is 61.2 Å². The van der Waals surface area contributed by atoms with Crippen molar-refractivity contribution in [3.63, 3.8) is 0 Å². The Kier molecular flexibility index (Phi) is 5.35. The van der Waals surface area contributed by atoms with E-state index in [-0.39, 0.29) is 0 Å². The van der Waals surface area contributed by atoms with Gasteiger partial charge in [0.15, 0.2) is 0 Å². The average molecular weight is 443 g/mol. The van der Waals surface area contributed by atoms with Crippen LogP contribution in [0.25, 0.3) is 0 Å². The Morgan fingerprint density at radius 3 is 2.45 bits per heavy atom. The summed E-state index contributed by atoms with van der Waals surface area (Å²) in [5.41, 5.74) is 1.08. The zero-order valence-electron chi connectivity index (χ0n) is 10.3. The minimum atomic E-state index is -0.636. The highest BCUT2D eigenvalue weighted by Gasteiger charge is 2.18. The number of benzene rings is 2. The van der Waals surface area contributed by atoms with Crippen LogP contribution in [0.2, 0.25) is 5.02 Å². The predicted octanol–water partition coefficient (Wildman–Crippen LogP) is 6.34. The van der Waals surface area contributed by atoms with E-state index >= 15 is 0 Å². The average Bonchev–Trinajstić information content (AvgIpc) is 2.42. The molecule has 1 atom stereocenters. The topological polar surface area (TPSA) is 9.23 Å². The summed E-state index contributed by atoms with van der Waals surface area (Å²) < 4.78 is 20.4. The Bertz CT molecular complexity index is 649. The number of methoxy groups -OCH3 is 1. The van der Waals surface area contributed by atoms with Gasteiger partial charge < -0.3 is 4.74 Å². The van der Waals surface area contributed by atoms with Crippen molar-refractivity contribution in [2.24, 2.45) is 0 Å². The maximum absolute atomic E-state index is 14.0. The first-order valence-corrected chi connectivity index (χ1v) is 7.96. The summed E-state index contributed by atoms with van der Waals surface area (Å²) in [6.07, 6.45) is 0. The van der Waals surface area contributed by atoms with Gasteiger partial charge in [0.05, 0.1) is 22.0 Å². The van der Waals surface area contributed by atoms with E-state index in [9.17, 15) is 4.39 Å². The molecule has 0 heterocycles. The van der Waals surface area contributed by atoms with Crippen molar-refractivity contribution in [2.75, 3.05) is 7.11 Å². The zero-order chi connectivity index (χ0) is 14.9. The molecule has 1 nitrogen and oxygen atoms in total. The normalized spacial score (nSPS) is 12.3. The quantitative estimate of drug-likeness (QED) is 0.398. The lowest BCUT2D eigenvalue weighted by molar-refractivity contribution is 0.412. The fourth-order valence-corrected chi connectivity index (χ4v) is 3.10. The Morgan fingerprint density at radius 1 is 1.15 bits per heavy atom. The molecule has 2 aromatic carbocycles. The van der Waals surface area contributed by atoms with Crippen LogP contribution in [0.3, 0.4) is 0 Å². The molecule has 20 heavy (non-hydrogen) atoms. The Morgan fingerprint density at radius 2 is 1.85 bits per heavy atom. The summed E-state index contributed by atoms with van der Waals surface area (Å²) in [6.45, 7) is 0. The second-order valence-electron chi connectivity index (χ2n) is 4.04. The summed E-state index contributed by atoms with van der Waals surface area (Å²) in [7, 11) is 1.58. The lowest BCUT2D eigenvalue weighted by Crippen LogP contribution is -1.98. The second-order valence-corrected chi connectivity index (χ2v) is 6.60. The molecule has 0 fully saturated rings. The molecule has 2 aromatic rings. The van der Waals surface area contributed by atoms with Gasteiger partial charge in [-0.15, -0.1) is 11.6 Å². The number of rotatable bonds is 3. The van der Waals surface area contributed by atoms with Crippen LogP contribution in [0.1, 0.15) is 16.5 Å². The van der Waals surface area contributed by atoms with Crippen LogP contribution in [-0.2, 0) is 0 Å². The van der Waals surface area contributed by atoms with Gasteiger partial charge in [0.2, 0.25) is 0 Å². The van der Waals surface area contributed by atoms with E-state index in [2.05, 4.69) is 31.9 Å². The molecule has 6 heteroatoms. The molecule has 0 saturated heterocycles. The lowest BCUT2D eigenvalue weighted by atomic mass is 10.0. The van der Waals surface area contributed by atoms with Gasteiger partial charge in [-0.1, -0.05) is 17.7 Å². The van der Waals surface area contributed by atoms with Crippen LogP contribution in [0.5, 0.6) is 5.75 Å². The van der Waals surface area contributed by atoms with E-state index in [0.717, 1.165) is 10.0 Å². The minimum absolute atomic E-state index is 0.330. The van der Waals surface area contributed by atoms with Crippen molar-refractivity contribution in [2.45, 2.75) is 5.38 Å². The first kappa shape index (κ1) is 16.1. The molecular weight excluding hydrogens is 434 g/mol. The summed E-state index contributed by atoms with van der Waals surface area (Å²) in [4.78, 5) is 0. The fraction of sp³-hybridized carbons (Fsp3) is 0.143. The molecule has 106 valence electrons. The molecule has 0 amide bonds. The highest BCUT2D eigenvalue weighted by molar-refractivity contribution is 9.10. The third-order valence-electron chi connectivity index (χ3n) is 2.78. The van der Waals surface area contributed by atoms with E-state index in [1.807, 2.05) is 0 Å². The van der Waals surface area contributed by atoms with Crippen molar-refractivity contribution in [1.82, 2.24) is 0 Å². The summed E-state index contributed by atoms with van der Waals surface area (Å²) >= 11 is 18.9. The maximum atomic E-state index is 14.0. The van der Waals surface area contributed by atoms with Gasteiger partial charge in [-0.05, 0) is 61.7 Å². The summed E-state index contributed by atoms with van der Waals surface area (Å²) in [6, 6.07) is 8.19. The smallest absolute Gasteiger partial charge is 0.133 e. The maximum Gasteiger partial charge on any atom is 0.133 e. The van der Waals surface area contributed by atoms with E-state index in [1.165, 1.54) is 12.1 Å². The Hall–Kier alpha value is -0.290. The van der Waals surface area contributed by atoms with Gasteiger partial charge in [0.1, 0.15) is 11.6 Å². The molecule has 0 N–H and O–H groups in total. The van der Waals surface area contributed by atoms with Crippen molar-refractivity contribution >= 4 is 55.1 Å². The standard InChI is InChI=1S/C14H9Br2Cl2FO/c1-20-13-3-2-7(4-10(13)16)14(18)8-5-11(17)9(15)6-12(8)19/h2-6,14H,1H3. The third kappa shape index (κ3) is 3.30. The van der Waals surface area contributed by atoms with Crippen LogP contribution >= 0.6 is 55.1 Å². The molecule has 0 aliphatic carbocycles. The molecule has 0 radical (unpaired) electrons. The SMILES string of the molecule is COc1ccc(C(Cl)c2cc(Cl)c(Br)cc2F)cc1Br. The van der Waals surface area contributed by atoms with Crippen molar-refractivity contribution in [1.29, 1.82) is 0 Å². The molecule has 0 spiro atoms. The predicted molar refractivity (Wildman–Crippen MR) is 87.5 cm³/mol. The Balaban J connectivity index is 2.43. The summed E-state index contributed by atoms with van der Waals surface area (Å²) in [5.74, 6) is 0.278. The Labute approximate surface area is 143 Å². The van der Waals surface area contributed by atoms with Gasteiger partial charge in [0, 0.05) is 10.0 Å². The van der Waals surface area contributed by atoms with E-state index in [0.29, 0.717) is 20.8 Å². The van der Waals surface area contributed by atoms with Crippen LogP contribution in [-0.4, -0.2) is 7.11 Å². The highest BCUT2D eigenvalue weighted by Crippen LogP contribution is 2.37. The number of halogens is 5. The number of alkyl halides is 1. The first-order valence-electron chi connectivity index (χ1n) is 5.56. The lowest BCUT2D eigenvalue weighted by Gasteiger charge is -2.14. The van der Waals surface area contributed by atoms with Crippen LogP contribution < -0.4 is 4.74 Å². The first-order chi connectivity index (χ1) is 9.43. The van der Waals surface area contributed by atoms with E-state index in [1.54, 1.807) is 25.3 Å². The van der Waals surface area contributed by atoms with Crippen LogP contribution in [0.4, 0.5) is 4.39 Å². The summed E-state index contributed by atoms with van der Waals surface area (Å²) in [5, 5.41) is -0.220.